The van der Waals surface area contributed by atoms with Gasteiger partial charge in [-0.15, -0.1) is 0 Å². The van der Waals surface area contributed by atoms with Gasteiger partial charge in [0.15, 0.2) is 0 Å². The smallest absolute Gasteiger partial charge is 0.0242 e. The molecule has 6 heavy (non-hydrogen) atoms. The summed E-state index contributed by atoms with van der Waals surface area (Å²) in [5.41, 5.74) is 0. The van der Waals surface area contributed by atoms with E-state index < -0.39 is 0 Å². The molecular weight excluding hydrogens is 112 g/mol. The van der Waals surface area contributed by atoms with Crippen molar-refractivity contribution in [3.05, 3.63) is 0 Å². The normalized spacial score (nSPS) is 8.33. The van der Waals surface area contributed by atoms with Crippen LogP contribution < -0.4 is 0 Å². The lowest BCUT2D eigenvalue weighted by Crippen LogP contribution is -1.86. The van der Waals surface area contributed by atoms with Crippen LogP contribution in [0.3, 0.4) is 0 Å². The van der Waals surface area contributed by atoms with Gasteiger partial charge in [-0.2, -0.15) is 11.8 Å². The van der Waals surface area contributed by atoms with E-state index in [-0.39, 0.29) is 0 Å². The first-order valence-corrected chi connectivity index (χ1v) is 3.56. The second-order valence-electron chi connectivity index (χ2n) is 1.14. The number of thiocarbonyl (C=S) groups is 1. The zero-order chi connectivity index (χ0) is 4.99. The van der Waals surface area contributed by atoms with Crippen molar-refractivity contribution in [1.82, 2.24) is 0 Å². The van der Waals surface area contributed by atoms with Crippen LogP contribution in [0.4, 0.5) is 0 Å². The average Bonchev–Trinajstić information content (AvgIpc) is 1.35. The molecule has 0 aromatic heterocycles. The maximum Gasteiger partial charge on any atom is 0.0242 e. The lowest BCUT2D eigenvalue weighted by molar-refractivity contribution is 1.87. The van der Waals surface area contributed by atoms with Crippen molar-refractivity contribution >= 4 is 28.8 Å². The number of hydrogen-bond donors (Lipinski definition) is 0. The van der Waals surface area contributed by atoms with E-state index in [9.17, 15) is 0 Å². The standard InChI is InChI=1S/C4H8S2/c1-4(5)3-6-2/h3H2,1-2H3. The lowest BCUT2D eigenvalue weighted by atomic mass is 10.6. The maximum atomic E-state index is 4.77. The van der Waals surface area contributed by atoms with E-state index in [0.29, 0.717) is 0 Å². The van der Waals surface area contributed by atoms with Gasteiger partial charge in [-0.1, -0.05) is 12.2 Å². The van der Waals surface area contributed by atoms with E-state index in [4.69, 9.17) is 12.2 Å². The largest absolute Gasteiger partial charge is 0.160 e. The van der Waals surface area contributed by atoms with Crippen LogP contribution in [0, 0.1) is 0 Å². The Bertz CT molecular complexity index is 49.5. The number of thioether (sulfide) groups is 1. The summed E-state index contributed by atoms with van der Waals surface area (Å²) in [6.45, 7) is 1.96. The fourth-order valence-electron chi connectivity index (χ4n) is 0.203. The molecule has 0 saturated heterocycles. The third kappa shape index (κ3) is 4.44. The van der Waals surface area contributed by atoms with E-state index in [0.717, 1.165) is 10.6 Å². The van der Waals surface area contributed by atoms with E-state index in [2.05, 4.69) is 6.26 Å². The summed E-state index contributed by atoms with van der Waals surface area (Å²) in [6, 6.07) is 0. The second kappa shape index (κ2) is 3.62. The van der Waals surface area contributed by atoms with Crippen LogP contribution in [0.1, 0.15) is 6.92 Å². The first-order chi connectivity index (χ1) is 2.77. The van der Waals surface area contributed by atoms with Crippen molar-refractivity contribution in [2.45, 2.75) is 6.92 Å². The van der Waals surface area contributed by atoms with Crippen molar-refractivity contribution in [1.29, 1.82) is 0 Å². The number of rotatable bonds is 2. The number of hydrogen-bond acceptors (Lipinski definition) is 2. The SMILES string of the molecule is CSCC(C)=S. The zero-order valence-corrected chi connectivity index (χ0v) is 5.66. The van der Waals surface area contributed by atoms with Gasteiger partial charge in [0.1, 0.15) is 0 Å². The molecule has 0 fully saturated rings. The van der Waals surface area contributed by atoms with Crippen molar-refractivity contribution in [3.63, 3.8) is 0 Å². The average molecular weight is 120 g/mol. The summed E-state index contributed by atoms with van der Waals surface area (Å²) in [5, 5.41) is 0. The molecule has 0 nitrogen and oxygen atoms in total. The van der Waals surface area contributed by atoms with Gasteiger partial charge < -0.3 is 0 Å². The molecule has 0 bridgehead atoms. The van der Waals surface area contributed by atoms with Crippen molar-refractivity contribution in [2.75, 3.05) is 12.0 Å². The first-order valence-electron chi connectivity index (χ1n) is 1.75. The van der Waals surface area contributed by atoms with Gasteiger partial charge in [-0.3, -0.25) is 0 Å². The molecule has 0 aromatic carbocycles. The molecule has 0 saturated carbocycles. The topological polar surface area (TPSA) is 0 Å². The Morgan fingerprint density at radius 2 is 2.33 bits per heavy atom. The highest BCUT2D eigenvalue weighted by Crippen LogP contribution is 1.91. The highest BCUT2D eigenvalue weighted by molar-refractivity contribution is 8.00. The van der Waals surface area contributed by atoms with Crippen LogP contribution in [0.25, 0.3) is 0 Å². The van der Waals surface area contributed by atoms with Gasteiger partial charge in [0, 0.05) is 5.75 Å². The molecule has 0 rings (SSSR count). The van der Waals surface area contributed by atoms with Crippen molar-refractivity contribution < 1.29 is 0 Å². The Morgan fingerprint density at radius 1 is 1.83 bits per heavy atom. The highest BCUT2D eigenvalue weighted by atomic mass is 32.2. The van der Waals surface area contributed by atoms with Gasteiger partial charge in [0.2, 0.25) is 0 Å². The first kappa shape index (κ1) is 6.44. The summed E-state index contributed by atoms with van der Waals surface area (Å²) in [6.07, 6.45) is 2.05. The highest BCUT2D eigenvalue weighted by Gasteiger charge is 1.78. The Morgan fingerprint density at radius 3 is 2.33 bits per heavy atom. The van der Waals surface area contributed by atoms with E-state index in [1.165, 1.54) is 0 Å². The Balaban J connectivity index is 2.83. The van der Waals surface area contributed by atoms with E-state index >= 15 is 0 Å². The summed E-state index contributed by atoms with van der Waals surface area (Å²) >= 11 is 6.54. The molecule has 0 N–H and O–H groups in total. The minimum atomic E-state index is 1.02. The molecular formula is C4H8S2. The zero-order valence-electron chi connectivity index (χ0n) is 4.02. The molecule has 0 aliphatic heterocycles. The summed E-state index contributed by atoms with van der Waals surface area (Å²) in [7, 11) is 0. The monoisotopic (exact) mass is 120 g/mol. The summed E-state index contributed by atoms with van der Waals surface area (Å²) in [5.74, 6) is 1.02. The molecule has 0 aliphatic carbocycles. The molecule has 0 spiro atoms. The van der Waals surface area contributed by atoms with Gasteiger partial charge in [0.05, 0.1) is 0 Å². The summed E-state index contributed by atoms with van der Waals surface area (Å²) in [4.78, 5) is 1.09. The third-order valence-corrected chi connectivity index (χ3v) is 1.40. The van der Waals surface area contributed by atoms with Crippen LogP contribution in [-0.4, -0.2) is 16.9 Å². The van der Waals surface area contributed by atoms with E-state index in [1.54, 1.807) is 11.8 Å². The van der Waals surface area contributed by atoms with Gasteiger partial charge in [-0.05, 0) is 18.0 Å². The molecule has 0 radical (unpaired) electrons. The predicted molar refractivity (Wildman–Crippen MR) is 36.7 cm³/mol. The quantitative estimate of drug-likeness (QED) is 0.509. The molecule has 36 valence electrons. The van der Waals surface area contributed by atoms with Crippen molar-refractivity contribution in [3.8, 4) is 0 Å². The Kier molecular flexibility index (Phi) is 3.89. The third-order valence-electron chi connectivity index (χ3n) is 0.348. The van der Waals surface area contributed by atoms with Crippen LogP contribution in [-0.2, 0) is 0 Å². The maximum absolute atomic E-state index is 4.77. The van der Waals surface area contributed by atoms with Gasteiger partial charge in [0.25, 0.3) is 0 Å². The van der Waals surface area contributed by atoms with E-state index in [1.807, 2.05) is 6.92 Å². The second-order valence-corrected chi connectivity index (χ2v) is 2.70. The minimum Gasteiger partial charge on any atom is -0.160 e. The van der Waals surface area contributed by atoms with Crippen LogP contribution in [0.5, 0.6) is 0 Å². The molecule has 0 heterocycles. The molecule has 0 unspecified atom stereocenters. The van der Waals surface area contributed by atoms with Crippen molar-refractivity contribution in [2.24, 2.45) is 0 Å². The molecule has 0 aromatic rings. The predicted octanol–water partition coefficient (Wildman–Crippen LogP) is 1.74. The van der Waals surface area contributed by atoms with Gasteiger partial charge in [-0.25, -0.2) is 0 Å². The van der Waals surface area contributed by atoms with Gasteiger partial charge >= 0.3 is 0 Å². The molecule has 0 amide bonds. The molecule has 2 heteroatoms. The lowest BCUT2D eigenvalue weighted by Gasteiger charge is -1.84. The summed E-state index contributed by atoms with van der Waals surface area (Å²) < 4.78 is 0. The molecule has 0 aliphatic rings. The van der Waals surface area contributed by atoms with Crippen LogP contribution >= 0.6 is 24.0 Å². The van der Waals surface area contributed by atoms with Crippen LogP contribution in [0.15, 0.2) is 0 Å². The Labute approximate surface area is 48.3 Å². The fourth-order valence-corrected chi connectivity index (χ4v) is 0.963. The molecule has 0 atom stereocenters. The minimum absolute atomic E-state index is 1.02. The Hall–Kier alpha value is 0.440. The fraction of sp³-hybridized carbons (Fsp3) is 0.750. The van der Waals surface area contributed by atoms with Crippen LogP contribution in [0.2, 0.25) is 0 Å².